The first-order chi connectivity index (χ1) is 10.3. The van der Waals surface area contributed by atoms with Crippen LogP contribution in [0.4, 0.5) is 0 Å². The van der Waals surface area contributed by atoms with E-state index in [1.807, 2.05) is 0 Å². The molecule has 0 N–H and O–H groups in total. The van der Waals surface area contributed by atoms with Crippen LogP contribution in [0.25, 0.3) is 21.9 Å². The maximum absolute atomic E-state index is 2.34. The van der Waals surface area contributed by atoms with E-state index in [4.69, 9.17) is 0 Å². The molecule has 0 heterocycles. The molecular weight excluding hydrogens is 264 g/mol. The van der Waals surface area contributed by atoms with Gasteiger partial charge in [-0.15, -0.1) is 0 Å². The van der Waals surface area contributed by atoms with Crippen LogP contribution in [0, 0.1) is 0 Å². The zero-order chi connectivity index (χ0) is 16.6. The molecule has 0 spiro atoms. The largest absolute Gasteiger partial charge is 0.0689 e. The average Bonchev–Trinajstić information content (AvgIpc) is 2.43. The molecule has 118 valence electrons. The van der Waals surface area contributed by atoms with Crippen molar-refractivity contribution < 1.29 is 0 Å². The van der Waals surface area contributed by atoms with E-state index >= 15 is 0 Å². The maximum Gasteiger partial charge on any atom is -0.0140 e. The molecule has 0 saturated heterocycles. The van der Waals surface area contributed by atoms with E-state index in [0.717, 1.165) is 0 Å². The van der Waals surface area contributed by atoms with Gasteiger partial charge in [0.1, 0.15) is 0 Å². The minimum absolute atomic E-state index is 0.533. The minimum Gasteiger partial charge on any atom is -0.0689 e. The molecule has 22 heavy (non-hydrogen) atoms. The molecule has 2 aromatic rings. The van der Waals surface area contributed by atoms with Crippen molar-refractivity contribution in [3.8, 4) is 0 Å². The number of rotatable bonds is 2. The lowest BCUT2D eigenvalue weighted by Gasteiger charge is -2.18. The highest BCUT2D eigenvalue weighted by molar-refractivity contribution is 5.90. The lowest BCUT2D eigenvalue weighted by Crippen LogP contribution is -2.17. The van der Waals surface area contributed by atoms with Crippen molar-refractivity contribution in [3.63, 3.8) is 0 Å². The SMILES string of the molecule is CC(C)=c1ccc2c(C(C)C)c(=C(C)C)ccc2c1C(C)C. The third-order valence-electron chi connectivity index (χ3n) is 4.52. The van der Waals surface area contributed by atoms with E-state index in [1.54, 1.807) is 0 Å². The van der Waals surface area contributed by atoms with Gasteiger partial charge in [0.05, 0.1) is 0 Å². The van der Waals surface area contributed by atoms with E-state index in [0.29, 0.717) is 11.8 Å². The number of fused-ring (bicyclic) bond motifs is 1. The predicted octanol–water partition coefficient (Wildman–Crippen LogP) is 5.47. The molecule has 0 radical (unpaired) electrons. The molecule has 0 heteroatoms. The Bertz CT molecular complexity index is 738. The second-order valence-corrected chi connectivity index (χ2v) is 7.46. The molecular formula is C22H30. The summed E-state index contributed by atoms with van der Waals surface area (Å²) in [4.78, 5) is 0. The van der Waals surface area contributed by atoms with E-state index < -0.39 is 0 Å². The maximum atomic E-state index is 2.34. The normalized spacial score (nSPS) is 11.5. The van der Waals surface area contributed by atoms with E-state index in [9.17, 15) is 0 Å². The van der Waals surface area contributed by atoms with Gasteiger partial charge < -0.3 is 0 Å². The summed E-state index contributed by atoms with van der Waals surface area (Å²) in [7, 11) is 0. The summed E-state index contributed by atoms with van der Waals surface area (Å²) in [6.45, 7) is 18.1. The first-order valence-corrected chi connectivity index (χ1v) is 8.46. The molecule has 2 aromatic carbocycles. The third-order valence-corrected chi connectivity index (χ3v) is 4.52. The van der Waals surface area contributed by atoms with Gasteiger partial charge in [0, 0.05) is 0 Å². The molecule has 0 nitrogen and oxygen atoms in total. The van der Waals surface area contributed by atoms with Crippen molar-refractivity contribution in [2.75, 3.05) is 0 Å². The molecule has 0 unspecified atom stereocenters. The van der Waals surface area contributed by atoms with Gasteiger partial charge in [-0.3, -0.25) is 0 Å². The summed E-state index contributed by atoms with van der Waals surface area (Å²) in [6.07, 6.45) is 0. The van der Waals surface area contributed by atoms with Crippen molar-refractivity contribution in [2.45, 2.75) is 67.2 Å². The first-order valence-electron chi connectivity index (χ1n) is 8.46. The van der Waals surface area contributed by atoms with Crippen molar-refractivity contribution in [1.29, 1.82) is 0 Å². The van der Waals surface area contributed by atoms with Crippen LogP contribution in [-0.2, 0) is 0 Å². The van der Waals surface area contributed by atoms with Crippen molar-refractivity contribution in [1.82, 2.24) is 0 Å². The Labute approximate surface area is 135 Å². The van der Waals surface area contributed by atoms with Gasteiger partial charge >= 0.3 is 0 Å². The summed E-state index contributed by atoms with van der Waals surface area (Å²) in [5.74, 6) is 1.07. The summed E-state index contributed by atoms with van der Waals surface area (Å²) in [5, 5.41) is 5.70. The number of hydrogen-bond donors (Lipinski definition) is 0. The summed E-state index contributed by atoms with van der Waals surface area (Å²) < 4.78 is 0. The molecule has 0 atom stereocenters. The van der Waals surface area contributed by atoms with Crippen LogP contribution in [0.15, 0.2) is 24.3 Å². The second-order valence-electron chi connectivity index (χ2n) is 7.46. The summed E-state index contributed by atoms with van der Waals surface area (Å²) >= 11 is 0. The Morgan fingerprint density at radius 2 is 0.909 bits per heavy atom. The summed E-state index contributed by atoms with van der Waals surface area (Å²) in [5.41, 5.74) is 5.80. The fourth-order valence-electron chi connectivity index (χ4n) is 3.57. The third kappa shape index (κ3) is 2.84. The van der Waals surface area contributed by atoms with E-state index in [2.05, 4.69) is 79.7 Å². The predicted molar refractivity (Wildman–Crippen MR) is 101 cm³/mol. The lowest BCUT2D eigenvalue weighted by atomic mass is 9.86. The van der Waals surface area contributed by atoms with Crippen LogP contribution in [0.3, 0.4) is 0 Å². The van der Waals surface area contributed by atoms with Gasteiger partial charge in [0.25, 0.3) is 0 Å². The van der Waals surface area contributed by atoms with Crippen molar-refractivity contribution in [2.24, 2.45) is 0 Å². The van der Waals surface area contributed by atoms with Crippen LogP contribution in [-0.4, -0.2) is 0 Å². The Hall–Kier alpha value is -1.56. The topological polar surface area (TPSA) is 0 Å². The fraction of sp³-hybridized carbons (Fsp3) is 0.455. The minimum atomic E-state index is 0.533. The molecule has 0 bridgehead atoms. The van der Waals surface area contributed by atoms with Gasteiger partial charge in [0.2, 0.25) is 0 Å². The van der Waals surface area contributed by atoms with E-state index in [-0.39, 0.29) is 0 Å². The average molecular weight is 294 g/mol. The Morgan fingerprint density at radius 1 is 0.591 bits per heavy atom. The Balaban J connectivity index is 3.12. The van der Waals surface area contributed by atoms with Crippen molar-refractivity contribution in [3.05, 3.63) is 45.8 Å². The standard InChI is InChI=1S/C22H30/c1-13(2)17-9-11-20-19(21(17)15(5)6)12-10-18(14(3)4)22(20)16(7)8/h9-12,15-16H,1-8H3. The second kappa shape index (κ2) is 6.28. The fourth-order valence-corrected chi connectivity index (χ4v) is 3.57. The number of benzene rings is 2. The van der Waals surface area contributed by atoms with Gasteiger partial charge in [-0.1, -0.05) is 63.1 Å². The van der Waals surface area contributed by atoms with Gasteiger partial charge in [-0.05, 0) is 71.9 Å². The zero-order valence-corrected chi connectivity index (χ0v) is 15.5. The Kier molecular flexibility index (Phi) is 4.80. The monoisotopic (exact) mass is 294 g/mol. The summed E-state index contributed by atoms with van der Waals surface area (Å²) in [6, 6.07) is 9.33. The van der Waals surface area contributed by atoms with Crippen LogP contribution >= 0.6 is 0 Å². The molecule has 0 aliphatic carbocycles. The lowest BCUT2D eigenvalue weighted by molar-refractivity contribution is 0.858. The van der Waals surface area contributed by atoms with Gasteiger partial charge in [0.15, 0.2) is 0 Å². The van der Waals surface area contributed by atoms with Crippen LogP contribution in [0.1, 0.15) is 78.4 Å². The highest BCUT2D eigenvalue weighted by atomic mass is 14.2. The van der Waals surface area contributed by atoms with Crippen LogP contribution in [0.5, 0.6) is 0 Å². The molecule has 2 rings (SSSR count). The molecule has 0 saturated carbocycles. The number of hydrogen-bond acceptors (Lipinski definition) is 0. The van der Waals surface area contributed by atoms with Gasteiger partial charge in [-0.25, -0.2) is 0 Å². The quantitative estimate of drug-likeness (QED) is 0.689. The van der Waals surface area contributed by atoms with E-state index in [1.165, 1.54) is 43.5 Å². The van der Waals surface area contributed by atoms with Crippen molar-refractivity contribution >= 4 is 21.9 Å². The first kappa shape index (κ1) is 16.8. The highest BCUT2D eigenvalue weighted by Gasteiger charge is 2.13. The molecule has 0 amide bonds. The molecule has 0 aliphatic heterocycles. The van der Waals surface area contributed by atoms with Crippen LogP contribution < -0.4 is 10.4 Å². The highest BCUT2D eigenvalue weighted by Crippen LogP contribution is 2.27. The molecule has 0 aliphatic rings. The van der Waals surface area contributed by atoms with Crippen LogP contribution in [0.2, 0.25) is 0 Å². The molecule has 0 fully saturated rings. The Morgan fingerprint density at radius 3 is 1.14 bits per heavy atom. The zero-order valence-electron chi connectivity index (χ0n) is 15.5. The smallest absolute Gasteiger partial charge is 0.0140 e. The van der Waals surface area contributed by atoms with Gasteiger partial charge in [-0.2, -0.15) is 0 Å². The molecule has 0 aromatic heterocycles.